The lowest BCUT2D eigenvalue weighted by Crippen LogP contribution is -2.42. The maximum absolute atomic E-state index is 13.8. The molecule has 0 saturated carbocycles. The molecule has 11 nitrogen and oxygen atoms in total. The lowest BCUT2D eigenvalue weighted by Gasteiger charge is -2.32. The van der Waals surface area contributed by atoms with Gasteiger partial charge < -0.3 is 14.9 Å². The maximum Gasteiger partial charge on any atom is 0.292 e. The number of likely N-dealkylation sites (N-methyl/N-ethyl adjacent to an activating group) is 1. The molecule has 0 fully saturated rings. The molecule has 4 aromatic rings. The number of benzene rings is 1. The number of hydrogen-bond donors (Lipinski definition) is 1. The van der Waals surface area contributed by atoms with Gasteiger partial charge in [0.05, 0.1) is 35.3 Å². The summed E-state index contributed by atoms with van der Waals surface area (Å²) in [4.78, 5) is 38.7. The predicted molar refractivity (Wildman–Crippen MR) is 195 cm³/mol. The van der Waals surface area contributed by atoms with Gasteiger partial charge in [-0.25, -0.2) is 4.98 Å². The lowest BCUT2D eigenvalue weighted by molar-refractivity contribution is -0.126. The van der Waals surface area contributed by atoms with Crippen LogP contribution in [0.25, 0.3) is 21.3 Å². The van der Waals surface area contributed by atoms with Crippen LogP contribution in [0.4, 0.5) is 0 Å². The molecule has 3 heterocycles. The average Bonchev–Trinajstić information content (AvgIpc) is 3.45. The van der Waals surface area contributed by atoms with Crippen molar-refractivity contribution in [2.24, 2.45) is 10.1 Å². The highest BCUT2D eigenvalue weighted by atomic mass is 35.5. The first-order valence-electron chi connectivity index (χ1n) is 15.5. The van der Waals surface area contributed by atoms with Crippen LogP contribution in [-0.4, -0.2) is 79.2 Å². The van der Waals surface area contributed by atoms with Crippen molar-refractivity contribution in [2.45, 2.75) is 52.6 Å². The number of fused-ring (bicyclic) bond motifs is 2. The second-order valence-electron chi connectivity index (χ2n) is 11.4. The number of allylic oxidation sites excluding steroid dienone is 1. The monoisotopic (exact) mass is 691 g/mol. The van der Waals surface area contributed by atoms with Crippen molar-refractivity contribution in [3.63, 3.8) is 0 Å². The third-order valence-corrected chi connectivity index (χ3v) is 9.49. The number of aryl methyl sites for hydroxylation is 4. The third-order valence-electron chi connectivity index (χ3n) is 8.13. The molecule has 0 aliphatic heterocycles. The molecule has 0 radical (unpaired) electrons. The summed E-state index contributed by atoms with van der Waals surface area (Å²) in [6, 6.07) is 7.92. The van der Waals surface area contributed by atoms with Gasteiger partial charge in [0.1, 0.15) is 18.2 Å². The van der Waals surface area contributed by atoms with E-state index in [1.807, 2.05) is 38.1 Å². The Hall–Kier alpha value is -4.39. The minimum Gasteiger partial charge on any atom is -0.491 e. The summed E-state index contributed by atoms with van der Waals surface area (Å²) in [5.41, 5.74) is 10.3. The topological polar surface area (TPSA) is 123 Å². The molecule has 0 spiro atoms. The van der Waals surface area contributed by atoms with Crippen LogP contribution in [0.5, 0.6) is 5.75 Å². The van der Waals surface area contributed by atoms with Gasteiger partial charge in [-0.1, -0.05) is 11.6 Å². The van der Waals surface area contributed by atoms with E-state index < -0.39 is 0 Å². The van der Waals surface area contributed by atoms with Crippen molar-refractivity contribution < 1.29 is 14.3 Å². The van der Waals surface area contributed by atoms with Crippen molar-refractivity contribution in [1.29, 1.82) is 0 Å². The fourth-order valence-corrected chi connectivity index (χ4v) is 6.92. The first kappa shape index (κ1) is 36.4. The quantitative estimate of drug-likeness (QED) is 0.117. The molecule has 1 aliphatic carbocycles. The van der Waals surface area contributed by atoms with Crippen molar-refractivity contribution in [3.8, 4) is 16.9 Å². The Balaban J connectivity index is 0.00000123. The Kier molecular flexibility index (Phi) is 13.0. The number of hydrazone groups is 1. The number of carbonyl (C=O) groups is 1. The second-order valence-corrected chi connectivity index (χ2v) is 12.7. The highest BCUT2D eigenvalue weighted by Crippen LogP contribution is 2.40. The van der Waals surface area contributed by atoms with Gasteiger partial charge in [0.2, 0.25) is 0 Å². The number of methoxy groups -OCH3 is 1. The average molecular weight is 692 g/mol. The van der Waals surface area contributed by atoms with Gasteiger partial charge in [-0.05, 0) is 95.1 Å². The van der Waals surface area contributed by atoms with E-state index in [-0.39, 0.29) is 11.6 Å². The molecular weight excluding hydrogens is 650 g/mol. The molecule has 1 unspecified atom stereocenters. The number of nitrogens with one attached hydrogen (secondary N) is 1. The minimum absolute atomic E-state index is 0.00446. The Morgan fingerprint density at radius 3 is 2.73 bits per heavy atom. The van der Waals surface area contributed by atoms with E-state index in [9.17, 15) is 4.79 Å². The molecule has 254 valence electrons. The van der Waals surface area contributed by atoms with Gasteiger partial charge in [0.25, 0.3) is 12.0 Å². The predicted octanol–water partition coefficient (Wildman–Crippen LogP) is 5.55. The van der Waals surface area contributed by atoms with E-state index >= 15 is 0 Å². The maximum atomic E-state index is 13.8. The van der Waals surface area contributed by atoms with E-state index in [1.54, 1.807) is 29.2 Å². The summed E-state index contributed by atoms with van der Waals surface area (Å²) in [5, 5.41) is 6.75. The molecule has 1 N–H and O–H groups in total. The van der Waals surface area contributed by atoms with Gasteiger partial charge >= 0.3 is 0 Å². The van der Waals surface area contributed by atoms with Crippen molar-refractivity contribution in [3.05, 3.63) is 85.1 Å². The van der Waals surface area contributed by atoms with E-state index in [4.69, 9.17) is 31.1 Å². The van der Waals surface area contributed by atoms with E-state index in [0.717, 1.165) is 62.4 Å². The number of aliphatic imine (C=N–C) groups is 1. The van der Waals surface area contributed by atoms with Crippen LogP contribution < -0.4 is 15.7 Å². The summed E-state index contributed by atoms with van der Waals surface area (Å²) in [6.45, 7) is 11.3. The van der Waals surface area contributed by atoms with E-state index in [2.05, 4.69) is 57.3 Å². The number of thiophene rings is 1. The number of hydrogen-bond acceptors (Lipinski definition) is 11. The number of rotatable bonds is 12. The van der Waals surface area contributed by atoms with Crippen LogP contribution in [0.3, 0.4) is 0 Å². The van der Waals surface area contributed by atoms with Gasteiger partial charge in [0, 0.05) is 53.3 Å². The Bertz CT molecular complexity index is 1880. The number of carbonyl (C=O) groups excluding carboxylic acids is 1. The highest BCUT2D eigenvalue weighted by Gasteiger charge is 2.27. The van der Waals surface area contributed by atoms with Crippen molar-refractivity contribution in [1.82, 2.24) is 24.9 Å². The summed E-state index contributed by atoms with van der Waals surface area (Å²) in [6.07, 6.45) is 5.81. The molecular formula is C35H42ClN7O4S. The molecule has 0 amide bonds. The first-order chi connectivity index (χ1) is 23.1. The Morgan fingerprint density at radius 1 is 1.25 bits per heavy atom. The standard InChI is InChI=1S/C33H38ClN7O2S.C2H4O2/c1-20-19-44-32-27(15-21(2)38-31(20)32)26-16-23(34)7-10-30(26)43-14-13-41-22(3)39-29-9-8-25(17-28(29)33(41)42)40(6)18-24(35-4)11-12-37-36-5;1-4-2-3/h7,10-12,15-16,19,25,36H,4,8-9,13-14,17-18H2,1-3,5-6H3;2H,1H3/b24-11-,37-12-;. The van der Waals surface area contributed by atoms with Crippen LogP contribution in [-0.2, 0) is 28.9 Å². The normalized spacial score (nSPS) is 14.4. The van der Waals surface area contributed by atoms with E-state index in [1.165, 1.54) is 7.11 Å². The minimum atomic E-state index is 0.00446. The zero-order chi connectivity index (χ0) is 34.8. The Labute approximate surface area is 290 Å². The molecule has 48 heavy (non-hydrogen) atoms. The SMILES string of the molecule is C=N/C(=C\C=N/NC)CN(C)C1CCc2nc(C)n(CCOc3ccc(Cl)cc3-c3cc(C)nc4c(C)csc34)c(=O)c2C1.COC=O. The number of nitrogens with zero attached hydrogens (tertiary/aromatic N) is 6. The molecule has 0 saturated heterocycles. The molecule has 13 heteroatoms. The summed E-state index contributed by atoms with van der Waals surface area (Å²) < 4.78 is 13.0. The smallest absolute Gasteiger partial charge is 0.292 e. The third kappa shape index (κ3) is 8.74. The van der Waals surface area contributed by atoms with Gasteiger partial charge in [-0.3, -0.25) is 29.0 Å². The van der Waals surface area contributed by atoms with Gasteiger partial charge in [-0.2, -0.15) is 5.10 Å². The number of aromatic nitrogens is 3. The lowest BCUT2D eigenvalue weighted by atomic mass is 9.91. The molecule has 1 aromatic carbocycles. The molecule has 1 atom stereocenters. The summed E-state index contributed by atoms with van der Waals surface area (Å²) in [7, 11) is 5.11. The van der Waals surface area contributed by atoms with Crippen LogP contribution in [0.15, 0.2) is 56.3 Å². The summed E-state index contributed by atoms with van der Waals surface area (Å²) >= 11 is 8.12. The van der Waals surface area contributed by atoms with Gasteiger partial charge in [-0.15, -0.1) is 11.3 Å². The van der Waals surface area contributed by atoms with Crippen LogP contribution in [0, 0.1) is 20.8 Å². The van der Waals surface area contributed by atoms with Gasteiger partial charge in [0.15, 0.2) is 0 Å². The van der Waals surface area contributed by atoms with Crippen LogP contribution in [0.1, 0.15) is 34.8 Å². The van der Waals surface area contributed by atoms with Crippen LogP contribution in [0.2, 0.25) is 5.02 Å². The summed E-state index contributed by atoms with van der Waals surface area (Å²) in [5.74, 6) is 1.41. The molecule has 0 bridgehead atoms. The number of pyridine rings is 1. The number of ether oxygens (including phenoxy) is 2. The van der Waals surface area contributed by atoms with Crippen molar-refractivity contribution in [2.75, 3.05) is 34.4 Å². The molecule has 1 aliphatic rings. The zero-order valence-electron chi connectivity index (χ0n) is 28.2. The highest BCUT2D eigenvalue weighted by molar-refractivity contribution is 7.18. The zero-order valence-corrected chi connectivity index (χ0v) is 29.8. The largest absolute Gasteiger partial charge is 0.491 e. The first-order valence-corrected chi connectivity index (χ1v) is 16.8. The van der Waals surface area contributed by atoms with Crippen LogP contribution >= 0.6 is 22.9 Å². The van der Waals surface area contributed by atoms with E-state index in [0.29, 0.717) is 49.2 Å². The fraction of sp³-hybridized carbons (Fsp3) is 0.371. The molecule has 3 aromatic heterocycles. The molecule has 5 rings (SSSR count). The van der Waals surface area contributed by atoms with Crippen molar-refractivity contribution >= 4 is 52.6 Å². The fourth-order valence-electron chi connectivity index (χ4n) is 5.72. The second kappa shape index (κ2) is 17.1. The Morgan fingerprint density at radius 2 is 2.02 bits per heavy atom. The number of halogens is 1.